The molecule has 0 heterocycles. The molecule has 4 nitrogen and oxygen atoms in total. The molecule has 0 bridgehead atoms. The molecule has 0 aromatic heterocycles. The lowest BCUT2D eigenvalue weighted by atomic mass is 10.2. The standard InChI is InChI=1S/C14H18INO3/c1-9(13(18)19-14(2,3)4)16-12(17)10-6-5-7-11(15)8-10/h5-9H,1-4H3,(H,16,17)/t9-/m1/s1. The summed E-state index contributed by atoms with van der Waals surface area (Å²) in [5, 5.41) is 2.63. The number of ether oxygens (including phenoxy) is 1. The number of halogens is 1. The van der Waals surface area contributed by atoms with Crippen molar-refractivity contribution in [1.29, 1.82) is 0 Å². The summed E-state index contributed by atoms with van der Waals surface area (Å²) in [4.78, 5) is 23.7. The van der Waals surface area contributed by atoms with Gasteiger partial charge in [-0.05, 0) is 68.5 Å². The lowest BCUT2D eigenvalue weighted by molar-refractivity contribution is -0.156. The van der Waals surface area contributed by atoms with Crippen LogP contribution in [-0.4, -0.2) is 23.5 Å². The first-order valence-corrected chi connectivity index (χ1v) is 7.06. The third-order valence-corrected chi connectivity index (χ3v) is 2.87. The maximum absolute atomic E-state index is 12.0. The van der Waals surface area contributed by atoms with Gasteiger partial charge in [-0.2, -0.15) is 0 Å². The van der Waals surface area contributed by atoms with E-state index in [9.17, 15) is 9.59 Å². The van der Waals surface area contributed by atoms with E-state index in [0.717, 1.165) is 3.57 Å². The maximum Gasteiger partial charge on any atom is 0.328 e. The summed E-state index contributed by atoms with van der Waals surface area (Å²) in [6.45, 7) is 6.98. The van der Waals surface area contributed by atoms with Crippen molar-refractivity contribution in [3.63, 3.8) is 0 Å². The molecule has 0 saturated heterocycles. The van der Waals surface area contributed by atoms with Gasteiger partial charge in [0.15, 0.2) is 0 Å². The number of rotatable bonds is 3. The molecule has 0 aliphatic heterocycles. The Bertz CT molecular complexity index is 480. The highest BCUT2D eigenvalue weighted by Gasteiger charge is 2.23. The van der Waals surface area contributed by atoms with E-state index in [1.165, 1.54) is 0 Å². The number of esters is 1. The van der Waals surface area contributed by atoms with Gasteiger partial charge in [-0.1, -0.05) is 6.07 Å². The zero-order valence-corrected chi connectivity index (χ0v) is 13.6. The summed E-state index contributed by atoms with van der Waals surface area (Å²) in [7, 11) is 0. The molecule has 1 aromatic carbocycles. The largest absolute Gasteiger partial charge is 0.458 e. The molecule has 0 aliphatic rings. The van der Waals surface area contributed by atoms with Crippen molar-refractivity contribution in [3.8, 4) is 0 Å². The molecule has 0 radical (unpaired) electrons. The Morgan fingerprint density at radius 1 is 1.32 bits per heavy atom. The van der Waals surface area contributed by atoms with E-state index in [2.05, 4.69) is 27.9 Å². The highest BCUT2D eigenvalue weighted by atomic mass is 127. The van der Waals surface area contributed by atoms with Gasteiger partial charge < -0.3 is 10.1 Å². The molecule has 0 saturated carbocycles. The number of hydrogen-bond donors (Lipinski definition) is 1. The molecule has 0 fully saturated rings. The van der Waals surface area contributed by atoms with Crippen LogP contribution in [0.5, 0.6) is 0 Å². The van der Waals surface area contributed by atoms with Crippen molar-refractivity contribution in [2.24, 2.45) is 0 Å². The molecule has 0 aliphatic carbocycles. The number of benzene rings is 1. The van der Waals surface area contributed by atoms with Crippen molar-refractivity contribution in [3.05, 3.63) is 33.4 Å². The highest BCUT2D eigenvalue weighted by molar-refractivity contribution is 14.1. The minimum atomic E-state index is -0.676. The molecule has 5 heteroatoms. The van der Waals surface area contributed by atoms with Crippen LogP contribution in [0.25, 0.3) is 0 Å². The van der Waals surface area contributed by atoms with Gasteiger partial charge in [0.05, 0.1) is 0 Å². The second-order valence-corrected chi connectivity index (χ2v) is 6.48. The number of carbonyl (C=O) groups is 2. The van der Waals surface area contributed by atoms with Crippen LogP contribution in [0.15, 0.2) is 24.3 Å². The molecule has 1 atom stereocenters. The van der Waals surface area contributed by atoms with Gasteiger partial charge in [0.25, 0.3) is 5.91 Å². The van der Waals surface area contributed by atoms with Gasteiger partial charge in [-0.3, -0.25) is 4.79 Å². The van der Waals surface area contributed by atoms with E-state index in [4.69, 9.17) is 4.74 Å². The Labute approximate surface area is 127 Å². The van der Waals surface area contributed by atoms with Crippen LogP contribution < -0.4 is 5.32 Å². The van der Waals surface area contributed by atoms with Crippen molar-refractivity contribution in [1.82, 2.24) is 5.32 Å². The Kier molecular flexibility index (Phi) is 5.34. The second kappa shape index (κ2) is 6.36. The van der Waals surface area contributed by atoms with Crippen molar-refractivity contribution >= 4 is 34.5 Å². The van der Waals surface area contributed by atoms with Crippen LogP contribution in [0.4, 0.5) is 0 Å². The smallest absolute Gasteiger partial charge is 0.328 e. The van der Waals surface area contributed by atoms with Crippen molar-refractivity contribution in [2.45, 2.75) is 39.3 Å². The molecule has 0 spiro atoms. The molecule has 1 N–H and O–H groups in total. The van der Waals surface area contributed by atoms with Crippen LogP contribution in [0.2, 0.25) is 0 Å². The highest BCUT2D eigenvalue weighted by Crippen LogP contribution is 2.10. The predicted molar refractivity (Wildman–Crippen MR) is 81.9 cm³/mol. The topological polar surface area (TPSA) is 55.4 Å². The van der Waals surface area contributed by atoms with E-state index in [0.29, 0.717) is 5.56 Å². The molecule has 1 rings (SSSR count). The predicted octanol–water partition coefficient (Wildman–Crippen LogP) is 2.75. The van der Waals surface area contributed by atoms with Crippen molar-refractivity contribution < 1.29 is 14.3 Å². The summed E-state index contributed by atoms with van der Waals surface area (Å²) in [6, 6.07) is 6.49. The summed E-state index contributed by atoms with van der Waals surface area (Å²) in [5.41, 5.74) is -0.0274. The zero-order chi connectivity index (χ0) is 14.6. The average molecular weight is 375 g/mol. The monoisotopic (exact) mass is 375 g/mol. The molecule has 104 valence electrons. The van der Waals surface area contributed by atoms with Gasteiger partial charge in [-0.15, -0.1) is 0 Å². The molecular formula is C14H18INO3. The number of amides is 1. The molecule has 1 amide bonds. The Morgan fingerprint density at radius 2 is 1.95 bits per heavy atom. The molecular weight excluding hydrogens is 357 g/mol. The fourth-order valence-electron chi connectivity index (χ4n) is 1.36. The molecule has 1 aromatic rings. The van der Waals surface area contributed by atoms with Crippen LogP contribution in [0.1, 0.15) is 38.1 Å². The SMILES string of the molecule is C[C@@H](NC(=O)c1cccc(I)c1)C(=O)OC(C)(C)C. The lowest BCUT2D eigenvalue weighted by Gasteiger charge is -2.22. The fourth-order valence-corrected chi connectivity index (χ4v) is 1.90. The van der Waals surface area contributed by atoms with E-state index in [-0.39, 0.29) is 5.91 Å². The minimum absolute atomic E-state index is 0.281. The van der Waals surface area contributed by atoms with E-state index < -0.39 is 17.6 Å². The normalized spacial score (nSPS) is 12.7. The van der Waals surface area contributed by atoms with E-state index in [1.54, 1.807) is 45.9 Å². The maximum atomic E-state index is 12.0. The lowest BCUT2D eigenvalue weighted by Crippen LogP contribution is -2.42. The number of nitrogens with one attached hydrogen (secondary N) is 1. The molecule has 0 unspecified atom stereocenters. The van der Waals surface area contributed by atoms with Gasteiger partial charge in [0, 0.05) is 9.13 Å². The quantitative estimate of drug-likeness (QED) is 0.653. The number of carbonyl (C=O) groups excluding carboxylic acids is 2. The van der Waals surface area contributed by atoms with E-state index >= 15 is 0 Å². The van der Waals surface area contributed by atoms with Crippen LogP contribution in [0.3, 0.4) is 0 Å². The van der Waals surface area contributed by atoms with Crippen LogP contribution in [-0.2, 0) is 9.53 Å². The van der Waals surface area contributed by atoms with Gasteiger partial charge >= 0.3 is 5.97 Å². The van der Waals surface area contributed by atoms with Crippen LogP contribution >= 0.6 is 22.6 Å². The van der Waals surface area contributed by atoms with Crippen molar-refractivity contribution in [2.75, 3.05) is 0 Å². The Balaban J connectivity index is 2.64. The summed E-state index contributed by atoms with van der Waals surface area (Å²) < 4.78 is 6.17. The Morgan fingerprint density at radius 3 is 2.47 bits per heavy atom. The average Bonchev–Trinajstić information content (AvgIpc) is 2.26. The second-order valence-electron chi connectivity index (χ2n) is 5.24. The third kappa shape index (κ3) is 5.59. The van der Waals surface area contributed by atoms with E-state index in [1.807, 2.05) is 6.07 Å². The van der Waals surface area contributed by atoms with Crippen LogP contribution in [0, 0.1) is 3.57 Å². The molecule has 19 heavy (non-hydrogen) atoms. The fraction of sp³-hybridized carbons (Fsp3) is 0.429. The summed E-state index contributed by atoms with van der Waals surface area (Å²) in [5.74, 6) is -0.719. The third-order valence-electron chi connectivity index (χ3n) is 2.19. The van der Waals surface area contributed by atoms with Gasteiger partial charge in [0.1, 0.15) is 11.6 Å². The minimum Gasteiger partial charge on any atom is -0.458 e. The first-order valence-electron chi connectivity index (χ1n) is 5.98. The Hall–Kier alpha value is -1.11. The van der Waals surface area contributed by atoms with Gasteiger partial charge in [0.2, 0.25) is 0 Å². The number of hydrogen-bond acceptors (Lipinski definition) is 3. The summed E-state index contributed by atoms with van der Waals surface area (Å²) in [6.07, 6.45) is 0. The first kappa shape index (κ1) is 15.9. The van der Waals surface area contributed by atoms with Gasteiger partial charge in [-0.25, -0.2) is 4.79 Å². The zero-order valence-electron chi connectivity index (χ0n) is 11.5. The summed E-state index contributed by atoms with van der Waals surface area (Å²) >= 11 is 2.13. The first-order chi connectivity index (χ1) is 8.69.